The van der Waals surface area contributed by atoms with E-state index in [0.717, 1.165) is 33.8 Å². The van der Waals surface area contributed by atoms with E-state index >= 15 is 0 Å². The summed E-state index contributed by atoms with van der Waals surface area (Å²) in [5.41, 5.74) is 1.51. The van der Waals surface area contributed by atoms with Crippen LogP contribution in [0.3, 0.4) is 0 Å². The van der Waals surface area contributed by atoms with Crippen LogP contribution < -0.4 is 4.74 Å². The Morgan fingerprint density at radius 3 is 2.52 bits per heavy atom. The number of methoxy groups -OCH3 is 1. The maximum absolute atomic E-state index is 12.9. The third kappa shape index (κ3) is 3.86. The van der Waals surface area contributed by atoms with Gasteiger partial charge in [-0.25, -0.2) is 0 Å². The number of hydrogen-bond donors (Lipinski definition) is 0. The molecule has 1 aliphatic rings. The van der Waals surface area contributed by atoms with Gasteiger partial charge in [0.15, 0.2) is 0 Å². The topological polar surface area (TPSA) is 46.6 Å². The molecule has 146 valence electrons. The molecule has 29 heavy (non-hydrogen) atoms. The average molecular weight is 444 g/mol. The molecule has 4 nitrogen and oxygen atoms in total. The molecular formula is C22H15Cl2NO3S. The summed E-state index contributed by atoms with van der Waals surface area (Å²) in [6.07, 6.45) is 1.75. The summed E-state index contributed by atoms with van der Waals surface area (Å²) < 4.78 is 5.42. The molecule has 0 unspecified atom stereocenters. The molecule has 2 amide bonds. The summed E-state index contributed by atoms with van der Waals surface area (Å²) in [5, 5.41) is 2.47. The molecule has 0 aromatic heterocycles. The van der Waals surface area contributed by atoms with Crippen molar-refractivity contribution in [2.45, 2.75) is 6.54 Å². The van der Waals surface area contributed by atoms with Crippen molar-refractivity contribution in [1.82, 2.24) is 4.90 Å². The lowest BCUT2D eigenvalue weighted by atomic mass is 10.0. The van der Waals surface area contributed by atoms with Crippen molar-refractivity contribution in [3.63, 3.8) is 0 Å². The quantitative estimate of drug-likeness (QED) is 0.438. The van der Waals surface area contributed by atoms with Gasteiger partial charge < -0.3 is 4.74 Å². The average Bonchev–Trinajstić information content (AvgIpc) is 2.97. The number of fused-ring (bicyclic) bond motifs is 1. The summed E-state index contributed by atoms with van der Waals surface area (Å²) in [7, 11) is 1.62. The molecular weight excluding hydrogens is 429 g/mol. The SMILES string of the molecule is COc1ccc(/C=C2/SC(=O)N(Cc3ccc(Cl)cc3Cl)C2=O)c2ccccc12. The Bertz CT molecular complexity index is 1180. The van der Waals surface area contributed by atoms with Gasteiger partial charge in [-0.15, -0.1) is 0 Å². The van der Waals surface area contributed by atoms with Crippen molar-refractivity contribution in [2.75, 3.05) is 7.11 Å². The number of carbonyl (C=O) groups is 2. The summed E-state index contributed by atoms with van der Waals surface area (Å²) in [6.45, 7) is 0.0986. The van der Waals surface area contributed by atoms with Gasteiger partial charge in [0.05, 0.1) is 18.6 Å². The van der Waals surface area contributed by atoms with Crippen LogP contribution in [0.4, 0.5) is 4.79 Å². The molecule has 0 radical (unpaired) electrons. The molecule has 1 fully saturated rings. The lowest BCUT2D eigenvalue weighted by Crippen LogP contribution is -2.27. The fourth-order valence-electron chi connectivity index (χ4n) is 3.20. The normalized spacial score (nSPS) is 15.6. The van der Waals surface area contributed by atoms with Gasteiger partial charge in [0.25, 0.3) is 11.1 Å². The maximum atomic E-state index is 12.9. The van der Waals surface area contributed by atoms with Gasteiger partial charge in [0.2, 0.25) is 0 Å². The standard InChI is InChI=1S/C22H15Cl2NO3S/c1-28-19-9-7-13(16-4-2-3-5-17(16)19)10-20-21(26)25(22(27)29-20)12-14-6-8-15(23)11-18(14)24/h2-11H,12H2,1H3/b20-10+. The summed E-state index contributed by atoms with van der Waals surface area (Å²) >= 11 is 13.0. The van der Waals surface area contributed by atoms with Gasteiger partial charge in [0.1, 0.15) is 5.75 Å². The maximum Gasteiger partial charge on any atom is 0.293 e. The third-order valence-electron chi connectivity index (χ3n) is 4.64. The van der Waals surface area contributed by atoms with Gasteiger partial charge in [-0.1, -0.05) is 59.6 Å². The minimum absolute atomic E-state index is 0.0986. The number of thioether (sulfide) groups is 1. The fraction of sp³-hybridized carbons (Fsp3) is 0.0909. The highest BCUT2D eigenvalue weighted by atomic mass is 35.5. The first kappa shape index (κ1) is 19.8. The van der Waals surface area contributed by atoms with E-state index in [0.29, 0.717) is 20.5 Å². The van der Waals surface area contributed by atoms with Crippen molar-refractivity contribution in [2.24, 2.45) is 0 Å². The molecule has 3 aromatic carbocycles. The molecule has 0 spiro atoms. The van der Waals surface area contributed by atoms with Crippen LogP contribution in [-0.4, -0.2) is 23.2 Å². The number of hydrogen-bond acceptors (Lipinski definition) is 4. The Morgan fingerprint density at radius 2 is 1.79 bits per heavy atom. The summed E-state index contributed by atoms with van der Waals surface area (Å²) in [5.74, 6) is 0.411. The first-order valence-electron chi connectivity index (χ1n) is 8.73. The molecule has 1 aliphatic heterocycles. The molecule has 7 heteroatoms. The molecule has 4 rings (SSSR count). The van der Waals surface area contributed by atoms with Crippen molar-refractivity contribution in [3.8, 4) is 5.75 Å². The highest BCUT2D eigenvalue weighted by molar-refractivity contribution is 8.18. The second-order valence-electron chi connectivity index (χ2n) is 6.41. The van der Waals surface area contributed by atoms with Crippen molar-refractivity contribution in [1.29, 1.82) is 0 Å². The van der Waals surface area contributed by atoms with Crippen molar-refractivity contribution >= 4 is 63.0 Å². The Labute approximate surface area is 182 Å². The highest BCUT2D eigenvalue weighted by Crippen LogP contribution is 2.36. The van der Waals surface area contributed by atoms with Crippen LogP contribution in [-0.2, 0) is 11.3 Å². The van der Waals surface area contributed by atoms with Crippen LogP contribution in [0, 0.1) is 0 Å². The zero-order chi connectivity index (χ0) is 20.5. The van der Waals surface area contributed by atoms with Gasteiger partial charge in [-0.3, -0.25) is 14.5 Å². The smallest absolute Gasteiger partial charge is 0.293 e. The van der Waals surface area contributed by atoms with E-state index < -0.39 is 0 Å². The zero-order valence-electron chi connectivity index (χ0n) is 15.3. The molecule has 3 aromatic rings. The van der Waals surface area contributed by atoms with E-state index in [-0.39, 0.29) is 17.7 Å². The van der Waals surface area contributed by atoms with E-state index in [1.54, 1.807) is 31.4 Å². The van der Waals surface area contributed by atoms with Crippen molar-refractivity contribution < 1.29 is 14.3 Å². The largest absolute Gasteiger partial charge is 0.496 e. The van der Waals surface area contributed by atoms with E-state index in [9.17, 15) is 9.59 Å². The predicted molar refractivity (Wildman–Crippen MR) is 118 cm³/mol. The van der Waals surface area contributed by atoms with Crippen LogP contribution in [0.5, 0.6) is 5.75 Å². The number of nitrogens with zero attached hydrogens (tertiary/aromatic N) is 1. The van der Waals surface area contributed by atoms with Gasteiger partial charge in [-0.05, 0) is 52.6 Å². The zero-order valence-corrected chi connectivity index (χ0v) is 17.6. The molecule has 0 bridgehead atoms. The number of carbonyl (C=O) groups excluding carboxylic acids is 2. The summed E-state index contributed by atoms with van der Waals surface area (Å²) in [4.78, 5) is 26.9. The van der Waals surface area contributed by atoms with Gasteiger partial charge in [0, 0.05) is 15.4 Å². The minimum Gasteiger partial charge on any atom is -0.496 e. The van der Waals surface area contributed by atoms with E-state index in [2.05, 4.69) is 0 Å². The van der Waals surface area contributed by atoms with Crippen molar-refractivity contribution in [3.05, 3.63) is 80.7 Å². The number of rotatable bonds is 4. The molecule has 0 saturated carbocycles. The molecule has 0 atom stereocenters. The number of ether oxygens (including phenoxy) is 1. The number of benzene rings is 3. The van der Waals surface area contributed by atoms with E-state index in [4.69, 9.17) is 27.9 Å². The number of imide groups is 1. The van der Waals surface area contributed by atoms with Gasteiger partial charge >= 0.3 is 0 Å². The van der Waals surface area contributed by atoms with Crippen LogP contribution in [0.25, 0.3) is 16.8 Å². The fourth-order valence-corrected chi connectivity index (χ4v) is 4.49. The molecule has 0 N–H and O–H groups in total. The van der Waals surface area contributed by atoms with E-state index in [1.807, 2.05) is 36.4 Å². The van der Waals surface area contributed by atoms with Crippen LogP contribution in [0.1, 0.15) is 11.1 Å². The first-order chi connectivity index (χ1) is 14.0. The second-order valence-corrected chi connectivity index (χ2v) is 8.24. The minimum atomic E-state index is -0.342. The van der Waals surface area contributed by atoms with Crippen LogP contribution >= 0.6 is 35.0 Å². The number of halogens is 2. The van der Waals surface area contributed by atoms with Crippen LogP contribution in [0.15, 0.2) is 59.5 Å². The number of amides is 2. The Morgan fingerprint density at radius 1 is 1.03 bits per heavy atom. The lowest BCUT2D eigenvalue weighted by Gasteiger charge is -2.13. The summed E-state index contributed by atoms with van der Waals surface area (Å²) in [6, 6.07) is 16.5. The Hall–Kier alpha value is -2.47. The Balaban J connectivity index is 1.67. The lowest BCUT2D eigenvalue weighted by molar-refractivity contribution is -0.123. The molecule has 1 heterocycles. The third-order valence-corrected chi connectivity index (χ3v) is 6.14. The predicted octanol–water partition coefficient (Wildman–Crippen LogP) is 6.39. The monoisotopic (exact) mass is 443 g/mol. The highest BCUT2D eigenvalue weighted by Gasteiger charge is 2.35. The first-order valence-corrected chi connectivity index (χ1v) is 10.3. The van der Waals surface area contributed by atoms with E-state index in [1.165, 1.54) is 4.90 Å². The Kier molecular flexibility index (Phi) is 5.54. The second kappa shape index (κ2) is 8.11. The molecule has 0 aliphatic carbocycles. The van der Waals surface area contributed by atoms with Gasteiger partial charge in [-0.2, -0.15) is 0 Å². The molecule has 1 saturated heterocycles. The van der Waals surface area contributed by atoms with Crippen LogP contribution in [0.2, 0.25) is 10.0 Å².